The Hall–Kier alpha value is -3.38. The van der Waals surface area contributed by atoms with Crippen molar-refractivity contribution in [3.63, 3.8) is 0 Å². The summed E-state index contributed by atoms with van der Waals surface area (Å²) in [4.78, 5) is 7.88. The summed E-state index contributed by atoms with van der Waals surface area (Å²) in [6.45, 7) is 0.527. The minimum Gasteiger partial charge on any atom is -0.489 e. The molecule has 0 saturated heterocycles. The van der Waals surface area contributed by atoms with Crippen LogP contribution in [0.25, 0.3) is 11.3 Å². The molecular weight excluding hydrogens is 364 g/mol. The van der Waals surface area contributed by atoms with Crippen LogP contribution in [0.5, 0.6) is 5.75 Å². The first kappa shape index (κ1) is 17.1. The minimum absolute atomic E-state index is 0.158. The second-order valence-corrected chi connectivity index (χ2v) is 6.05. The largest absolute Gasteiger partial charge is 0.489 e. The molecule has 0 radical (unpaired) electrons. The lowest BCUT2D eigenvalue weighted by molar-refractivity contribution is 0.306. The monoisotopic (exact) mass is 378 g/mol. The number of rotatable bonds is 6. The Morgan fingerprint density at radius 1 is 1.00 bits per heavy atom. The molecule has 0 aliphatic heterocycles. The van der Waals surface area contributed by atoms with Crippen molar-refractivity contribution in [1.29, 1.82) is 0 Å². The SMILES string of the molecule is Clc1nccc(Nc2cc(-c3ccc(OCc4ccccc4)cc3)no2)n1. The third-order valence-corrected chi connectivity index (χ3v) is 3.97. The van der Waals surface area contributed by atoms with E-state index < -0.39 is 0 Å². The molecule has 4 aromatic rings. The zero-order valence-corrected chi connectivity index (χ0v) is 14.9. The lowest BCUT2D eigenvalue weighted by atomic mass is 10.1. The van der Waals surface area contributed by atoms with Crippen LogP contribution in [0.4, 0.5) is 11.7 Å². The average Bonchev–Trinajstić information content (AvgIpc) is 3.16. The van der Waals surface area contributed by atoms with E-state index in [1.165, 1.54) is 0 Å². The van der Waals surface area contributed by atoms with Crippen molar-refractivity contribution in [1.82, 2.24) is 15.1 Å². The van der Waals surface area contributed by atoms with Crippen molar-refractivity contribution in [3.05, 3.63) is 83.8 Å². The van der Waals surface area contributed by atoms with Gasteiger partial charge in [0.05, 0.1) is 0 Å². The van der Waals surface area contributed by atoms with Gasteiger partial charge in [0, 0.05) is 17.8 Å². The van der Waals surface area contributed by atoms with Gasteiger partial charge in [0.1, 0.15) is 23.9 Å². The third-order valence-electron chi connectivity index (χ3n) is 3.79. The molecule has 27 heavy (non-hydrogen) atoms. The van der Waals surface area contributed by atoms with E-state index in [2.05, 4.69) is 20.4 Å². The zero-order valence-electron chi connectivity index (χ0n) is 14.2. The zero-order chi connectivity index (χ0) is 18.5. The number of nitrogens with one attached hydrogen (secondary N) is 1. The van der Waals surface area contributed by atoms with Crippen molar-refractivity contribution in [2.45, 2.75) is 6.61 Å². The van der Waals surface area contributed by atoms with E-state index in [9.17, 15) is 0 Å². The normalized spacial score (nSPS) is 10.6. The molecule has 0 unspecified atom stereocenters. The van der Waals surface area contributed by atoms with Gasteiger partial charge in [-0.3, -0.25) is 0 Å². The van der Waals surface area contributed by atoms with Crippen molar-refractivity contribution < 1.29 is 9.26 Å². The number of aromatic nitrogens is 3. The van der Waals surface area contributed by atoms with Gasteiger partial charge in [-0.25, -0.2) is 9.97 Å². The smallest absolute Gasteiger partial charge is 0.230 e. The van der Waals surface area contributed by atoms with Crippen molar-refractivity contribution in [3.8, 4) is 17.0 Å². The molecule has 2 heterocycles. The molecule has 0 amide bonds. The van der Waals surface area contributed by atoms with Gasteiger partial charge < -0.3 is 14.6 Å². The molecule has 0 saturated carbocycles. The predicted molar refractivity (Wildman–Crippen MR) is 103 cm³/mol. The molecule has 0 bridgehead atoms. The molecule has 0 atom stereocenters. The summed E-state index contributed by atoms with van der Waals surface area (Å²) >= 11 is 5.77. The van der Waals surface area contributed by atoms with Gasteiger partial charge in [0.25, 0.3) is 0 Å². The van der Waals surface area contributed by atoms with E-state index in [0.717, 1.165) is 16.9 Å². The number of benzene rings is 2. The van der Waals surface area contributed by atoms with E-state index in [-0.39, 0.29) is 5.28 Å². The van der Waals surface area contributed by atoms with Crippen LogP contribution in [-0.4, -0.2) is 15.1 Å². The van der Waals surface area contributed by atoms with Gasteiger partial charge in [-0.1, -0.05) is 35.5 Å². The molecule has 2 aromatic heterocycles. The standard InChI is InChI=1S/C20H15ClN4O2/c21-20-22-11-10-18(24-20)23-19-12-17(25-27-19)15-6-8-16(9-7-15)26-13-14-4-2-1-3-5-14/h1-12H,13H2,(H,22,23,24). The van der Waals surface area contributed by atoms with Crippen LogP contribution in [-0.2, 0) is 6.61 Å². The molecule has 1 N–H and O–H groups in total. The number of hydrogen-bond acceptors (Lipinski definition) is 6. The second-order valence-electron chi connectivity index (χ2n) is 5.71. The fourth-order valence-corrected chi connectivity index (χ4v) is 2.61. The molecule has 0 aliphatic rings. The van der Waals surface area contributed by atoms with Crippen LogP contribution >= 0.6 is 11.6 Å². The topological polar surface area (TPSA) is 73.1 Å². The molecule has 2 aromatic carbocycles. The van der Waals surface area contributed by atoms with Crippen molar-refractivity contribution >= 4 is 23.3 Å². The maximum absolute atomic E-state index is 5.80. The fourth-order valence-electron chi connectivity index (χ4n) is 2.46. The summed E-state index contributed by atoms with van der Waals surface area (Å²) in [7, 11) is 0. The van der Waals surface area contributed by atoms with Crippen LogP contribution in [0.1, 0.15) is 5.56 Å². The lowest BCUT2D eigenvalue weighted by Crippen LogP contribution is -1.94. The summed E-state index contributed by atoms with van der Waals surface area (Å²) in [6, 6.07) is 21.2. The highest BCUT2D eigenvalue weighted by atomic mass is 35.5. The van der Waals surface area contributed by atoms with E-state index in [1.54, 1.807) is 18.3 Å². The number of ether oxygens (including phenoxy) is 1. The summed E-state index contributed by atoms with van der Waals surface area (Å²) in [6.07, 6.45) is 1.56. The molecule has 0 spiro atoms. The quantitative estimate of drug-likeness (QED) is 0.470. The highest BCUT2D eigenvalue weighted by molar-refractivity contribution is 6.28. The Labute approximate surface area is 160 Å². The van der Waals surface area contributed by atoms with E-state index in [1.807, 2.05) is 54.6 Å². The minimum atomic E-state index is 0.158. The van der Waals surface area contributed by atoms with Gasteiger partial charge in [0.2, 0.25) is 11.2 Å². The Morgan fingerprint density at radius 3 is 2.59 bits per heavy atom. The third kappa shape index (κ3) is 4.43. The Bertz CT molecular complexity index is 1020. The van der Waals surface area contributed by atoms with E-state index >= 15 is 0 Å². The van der Waals surface area contributed by atoms with E-state index in [4.69, 9.17) is 20.9 Å². The van der Waals surface area contributed by atoms with Gasteiger partial charge >= 0.3 is 0 Å². The number of nitrogens with zero attached hydrogens (tertiary/aromatic N) is 3. The molecule has 0 fully saturated rings. The first-order chi connectivity index (χ1) is 13.3. The molecule has 7 heteroatoms. The van der Waals surface area contributed by atoms with Crippen LogP contribution in [0, 0.1) is 0 Å². The number of anilines is 2. The Balaban J connectivity index is 1.41. The van der Waals surface area contributed by atoms with Gasteiger partial charge in [-0.15, -0.1) is 0 Å². The molecular formula is C20H15ClN4O2. The van der Waals surface area contributed by atoms with Gasteiger partial charge in [-0.05, 0) is 47.5 Å². The highest BCUT2D eigenvalue weighted by Gasteiger charge is 2.08. The lowest BCUT2D eigenvalue weighted by Gasteiger charge is -2.06. The van der Waals surface area contributed by atoms with Crippen molar-refractivity contribution in [2.75, 3.05) is 5.32 Å². The first-order valence-corrected chi connectivity index (χ1v) is 8.63. The van der Waals surface area contributed by atoms with Crippen LogP contribution in [0.15, 0.2) is 77.4 Å². The van der Waals surface area contributed by atoms with Crippen LogP contribution in [0.2, 0.25) is 5.28 Å². The van der Waals surface area contributed by atoms with Crippen LogP contribution in [0.3, 0.4) is 0 Å². The summed E-state index contributed by atoms with van der Waals surface area (Å²) in [5, 5.41) is 7.23. The first-order valence-electron chi connectivity index (χ1n) is 8.26. The van der Waals surface area contributed by atoms with Crippen molar-refractivity contribution in [2.24, 2.45) is 0 Å². The fraction of sp³-hybridized carbons (Fsp3) is 0.0500. The average molecular weight is 379 g/mol. The molecule has 6 nitrogen and oxygen atoms in total. The molecule has 134 valence electrons. The van der Waals surface area contributed by atoms with Crippen LogP contribution < -0.4 is 10.1 Å². The van der Waals surface area contributed by atoms with Gasteiger partial charge in [-0.2, -0.15) is 0 Å². The maximum atomic E-state index is 5.80. The maximum Gasteiger partial charge on any atom is 0.230 e. The molecule has 4 rings (SSSR count). The number of halogens is 1. The van der Waals surface area contributed by atoms with Gasteiger partial charge in [0.15, 0.2) is 0 Å². The number of hydrogen-bond donors (Lipinski definition) is 1. The second kappa shape index (κ2) is 7.88. The Kier molecular flexibility index (Phi) is 4.98. The summed E-state index contributed by atoms with van der Waals surface area (Å²) < 4.78 is 11.1. The van der Waals surface area contributed by atoms with E-state index in [0.29, 0.717) is 24.0 Å². The summed E-state index contributed by atoms with van der Waals surface area (Å²) in [5.74, 6) is 1.78. The Morgan fingerprint density at radius 2 is 1.81 bits per heavy atom. The molecule has 0 aliphatic carbocycles. The summed E-state index contributed by atoms with van der Waals surface area (Å²) in [5.41, 5.74) is 2.74. The highest BCUT2D eigenvalue weighted by Crippen LogP contribution is 2.25. The predicted octanol–water partition coefficient (Wildman–Crippen LogP) is 5.11.